The minimum Gasteiger partial charge on any atom is -0.496 e. The van der Waals surface area contributed by atoms with Gasteiger partial charge in [-0.25, -0.2) is 9.18 Å². The van der Waals surface area contributed by atoms with E-state index in [1.807, 2.05) is 0 Å². The van der Waals surface area contributed by atoms with Crippen LogP contribution in [0.5, 0.6) is 5.75 Å². The molecule has 0 aliphatic heterocycles. The van der Waals surface area contributed by atoms with Crippen LogP contribution in [0.4, 0.5) is 10.1 Å². The summed E-state index contributed by atoms with van der Waals surface area (Å²) in [5.74, 6) is -0.987. The largest absolute Gasteiger partial charge is 0.496 e. The number of benzene rings is 2. The number of anilines is 1. The van der Waals surface area contributed by atoms with E-state index < -0.39 is 11.8 Å². The van der Waals surface area contributed by atoms with Crippen LogP contribution >= 0.6 is 11.3 Å². The number of amides is 1. The summed E-state index contributed by atoms with van der Waals surface area (Å²) in [6.07, 6.45) is 0. The lowest BCUT2D eigenvalue weighted by molar-refractivity contribution is 0.0471. The molecule has 0 bridgehead atoms. The van der Waals surface area contributed by atoms with Crippen LogP contribution < -0.4 is 10.1 Å². The quantitative estimate of drug-likeness (QED) is 0.635. The van der Waals surface area contributed by atoms with Crippen molar-refractivity contribution in [2.45, 2.75) is 6.61 Å². The molecule has 0 aliphatic rings. The molecule has 0 fully saturated rings. The van der Waals surface area contributed by atoms with Gasteiger partial charge in [0.15, 0.2) is 0 Å². The van der Waals surface area contributed by atoms with Crippen LogP contribution in [0.3, 0.4) is 0 Å². The standard InChI is InChI=1S/C20H16FNO4S/c1-25-18-7-6-15(21)10-14(18)11-26-20(24)16-4-2-3-5-17(16)22-19(23)13-8-9-27-12-13/h2-10,12H,11H2,1H3,(H,22,23). The van der Waals surface area contributed by atoms with Gasteiger partial charge in [-0.3, -0.25) is 4.79 Å². The minimum absolute atomic E-state index is 0.160. The maximum Gasteiger partial charge on any atom is 0.340 e. The van der Waals surface area contributed by atoms with Gasteiger partial charge in [0.1, 0.15) is 18.2 Å². The second-order valence-corrected chi connectivity index (χ2v) is 6.32. The van der Waals surface area contributed by atoms with Gasteiger partial charge in [0.25, 0.3) is 5.91 Å². The molecule has 0 atom stereocenters. The Morgan fingerprint density at radius 1 is 1.15 bits per heavy atom. The maximum atomic E-state index is 13.4. The lowest BCUT2D eigenvalue weighted by Crippen LogP contribution is -2.15. The molecule has 27 heavy (non-hydrogen) atoms. The predicted molar refractivity (Wildman–Crippen MR) is 101 cm³/mol. The van der Waals surface area contributed by atoms with Crippen molar-refractivity contribution in [1.29, 1.82) is 0 Å². The van der Waals surface area contributed by atoms with Crippen LogP contribution in [0, 0.1) is 5.82 Å². The third-order valence-electron chi connectivity index (χ3n) is 3.78. The first-order valence-electron chi connectivity index (χ1n) is 8.00. The maximum absolute atomic E-state index is 13.4. The highest BCUT2D eigenvalue weighted by Crippen LogP contribution is 2.22. The lowest BCUT2D eigenvalue weighted by Gasteiger charge is -2.12. The molecule has 7 heteroatoms. The van der Waals surface area contributed by atoms with Crippen LogP contribution in [0.15, 0.2) is 59.3 Å². The Balaban J connectivity index is 1.74. The molecule has 1 heterocycles. The summed E-state index contributed by atoms with van der Waals surface area (Å²) in [6, 6.07) is 12.2. The molecule has 0 unspecified atom stereocenters. The van der Waals surface area contributed by atoms with Crippen molar-refractivity contribution >= 4 is 28.9 Å². The van der Waals surface area contributed by atoms with Crippen LogP contribution in [0.25, 0.3) is 0 Å². The number of carbonyl (C=O) groups is 2. The van der Waals surface area contributed by atoms with Crippen molar-refractivity contribution in [2.24, 2.45) is 0 Å². The fraction of sp³-hybridized carbons (Fsp3) is 0.100. The number of methoxy groups -OCH3 is 1. The normalized spacial score (nSPS) is 10.3. The molecule has 0 saturated carbocycles. The number of carbonyl (C=O) groups excluding carboxylic acids is 2. The van der Waals surface area contributed by atoms with E-state index in [1.165, 1.54) is 36.6 Å². The molecular weight excluding hydrogens is 369 g/mol. The summed E-state index contributed by atoms with van der Waals surface area (Å²) >= 11 is 1.40. The number of nitrogens with one attached hydrogen (secondary N) is 1. The van der Waals surface area contributed by atoms with E-state index in [1.54, 1.807) is 41.1 Å². The predicted octanol–water partition coefficient (Wildman–Crippen LogP) is 4.51. The van der Waals surface area contributed by atoms with Gasteiger partial charge >= 0.3 is 5.97 Å². The van der Waals surface area contributed by atoms with Crippen molar-refractivity contribution in [2.75, 3.05) is 12.4 Å². The molecule has 1 N–H and O–H groups in total. The Hall–Kier alpha value is -3.19. The van der Waals surface area contributed by atoms with E-state index in [-0.39, 0.29) is 18.1 Å². The van der Waals surface area contributed by atoms with E-state index in [9.17, 15) is 14.0 Å². The van der Waals surface area contributed by atoms with E-state index in [0.29, 0.717) is 22.6 Å². The van der Waals surface area contributed by atoms with Crippen LogP contribution in [0.1, 0.15) is 26.3 Å². The van der Waals surface area contributed by atoms with E-state index in [2.05, 4.69) is 5.32 Å². The fourth-order valence-electron chi connectivity index (χ4n) is 2.44. The number of hydrogen-bond acceptors (Lipinski definition) is 5. The Morgan fingerprint density at radius 2 is 1.96 bits per heavy atom. The van der Waals surface area contributed by atoms with Gasteiger partial charge < -0.3 is 14.8 Å². The molecule has 1 aromatic heterocycles. The molecular formula is C20H16FNO4S. The highest BCUT2D eigenvalue weighted by atomic mass is 32.1. The summed E-state index contributed by atoms with van der Waals surface area (Å²) in [6.45, 7) is -0.160. The van der Waals surface area contributed by atoms with Crippen molar-refractivity contribution in [1.82, 2.24) is 0 Å². The molecule has 0 aliphatic carbocycles. The third kappa shape index (κ3) is 4.51. The number of hydrogen-bond donors (Lipinski definition) is 1. The van der Waals surface area contributed by atoms with Crippen molar-refractivity contribution in [3.63, 3.8) is 0 Å². The van der Waals surface area contributed by atoms with Crippen molar-refractivity contribution in [3.05, 3.63) is 81.8 Å². The topological polar surface area (TPSA) is 64.6 Å². The van der Waals surface area contributed by atoms with E-state index in [4.69, 9.17) is 9.47 Å². The first-order chi connectivity index (χ1) is 13.1. The molecule has 138 valence electrons. The molecule has 5 nitrogen and oxygen atoms in total. The summed E-state index contributed by atoms with van der Waals surface area (Å²) < 4.78 is 23.9. The SMILES string of the molecule is COc1ccc(F)cc1COC(=O)c1ccccc1NC(=O)c1ccsc1. The average molecular weight is 385 g/mol. The smallest absolute Gasteiger partial charge is 0.340 e. The Morgan fingerprint density at radius 3 is 2.70 bits per heavy atom. The van der Waals surface area contributed by atoms with Gasteiger partial charge in [-0.15, -0.1) is 0 Å². The monoisotopic (exact) mass is 385 g/mol. The van der Waals surface area contributed by atoms with Gasteiger partial charge in [0, 0.05) is 10.9 Å². The van der Waals surface area contributed by atoms with Crippen LogP contribution in [0.2, 0.25) is 0 Å². The molecule has 1 amide bonds. The summed E-state index contributed by atoms with van der Waals surface area (Å²) in [7, 11) is 1.45. The van der Waals surface area contributed by atoms with E-state index >= 15 is 0 Å². The Labute approximate surface area is 159 Å². The fourth-order valence-corrected chi connectivity index (χ4v) is 3.08. The van der Waals surface area contributed by atoms with Crippen molar-refractivity contribution in [3.8, 4) is 5.75 Å². The highest BCUT2D eigenvalue weighted by molar-refractivity contribution is 7.08. The number of para-hydroxylation sites is 1. The third-order valence-corrected chi connectivity index (χ3v) is 4.46. The minimum atomic E-state index is -0.637. The molecule has 0 radical (unpaired) electrons. The van der Waals surface area contributed by atoms with Gasteiger partial charge in [-0.1, -0.05) is 12.1 Å². The molecule has 0 spiro atoms. The average Bonchev–Trinajstić information content (AvgIpc) is 3.21. The Kier molecular flexibility index (Phi) is 5.83. The van der Waals surface area contributed by atoms with Gasteiger partial charge in [0.2, 0.25) is 0 Å². The first kappa shape index (κ1) is 18.6. The summed E-state index contributed by atoms with van der Waals surface area (Å²) in [5, 5.41) is 6.21. The summed E-state index contributed by atoms with van der Waals surface area (Å²) in [5.41, 5.74) is 1.46. The molecule has 3 aromatic rings. The molecule has 0 saturated heterocycles. The van der Waals surface area contributed by atoms with Gasteiger partial charge in [-0.05, 0) is 41.8 Å². The number of halogens is 1. The lowest BCUT2D eigenvalue weighted by atomic mass is 10.1. The van der Waals surface area contributed by atoms with E-state index in [0.717, 1.165) is 0 Å². The van der Waals surface area contributed by atoms with Crippen LogP contribution in [-0.4, -0.2) is 19.0 Å². The van der Waals surface area contributed by atoms with Gasteiger partial charge in [0.05, 0.1) is 23.9 Å². The van der Waals surface area contributed by atoms with Gasteiger partial charge in [-0.2, -0.15) is 11.3 Å². The van der Waals surface area contributed by atoms with Crippen LogP contribution in [-0.2, 0) is 11.3 Å². The molecule has 2 aromatic carbocycles. The Bertz CT molecular complexity index is 956. The first-order valence-corrected chi connectivity index (χ1v) is 8.95. The second kappa shape index (κ2) is 8.46. The number of ether oxygens (including phenoxy) is 2. The second-order valence-electron chi connectivity index (χ2n) is 5.54. The number of thiophene rings is 1. The zero-order chi connectivity index (χ0) is 19.2. The number of rotatable bonds is 6. The number of esters is 1. The molecule has 3 rings (SSSR count). The zero-order valence-corrected chi connectivity index (χ0v) is 15.2. The summed E-state index contributed by atoms with van der Waals surface area (Å²) in [4.78, 5) is 24.7. The zero-order valence-electron chi connectivity index (χ0n) is 14.4. The van der Waals surface area contributed by atoms with Crippen molar-refractivity contribution < 1.29 is 23.5 Å². The highest BCUT2D eigenvalue weighted by Gasteiger charge is 2.16.